The maximum absolute atomic E-state index is 5.47. The Balaban J connectivity index is 2.89. The topological polar surface area (TPSA) is 25.8 Å². The van der Waals surface area contributed by atoms with E-state index in [1.54, 1.807) is 12.4 Å². The highest BCUT2D eigenvalue weighted by atomic mass is 35.5. The van der Waals surface area contributed by atoms with Crippen molar-refractivity contribution in [3.8, 4) is 0 Å². The zero-order valence-electron chi connectivity index (χ0n) is 5.58. The molecule has 0 saturated heterocycles. The third-order valence-electron chi connectivity index (χ3n) is 0.999. The first-order chi connectivity index (χ1) is 4.83. The summed E-state index contributed by atoms with van der Waals surface area (Å²) in [5, 5.41) is 0.285. The van der Waals surface area contributed by atoms with Gasteiger partial charge in [0, 0.05) is 18.0 Å². The van der Waals surface area contributed by atoms with Crippen LogP contribution in [0.5, 0.6) is 0 Å². The third kappa shape index (κ3) is 1.81. The summed E-state index contributed by atoms with van der Waals surface area (Å²) in [5.74, 6) is 0. The SMILES string of the molecule is C/C=C/c1cnc(Cl)nc1. The number of rotatable bonds is 1. The van der Waals surface area contributed by atoms with Crippen LogP contribution in [-0.2, 0) is 0 Å². The molecule has 0 saturated carbocycles. The zero-order valence-corrected chi connectivity index (χ0v) is 6.34. The average molecular weight is 155 g/mol. The molecule has 0 N–H and O–H groups in total. The molecule has 0 amide bonds. The highest BCUT2D eigenvalue weighted by Crippen LogP contribution is 2.01. The number of hydrogen-bond donors (Lipinski definition) is 0. The highest BCUT2D eigenvalue weighted by Gasteiger charge is 1.87. The van der Waals surface area contributed by atoms with E-state index in [0.717, 1.165) is 5.56 Å². The summed E-state index contributed by atoms with van der Waals surface area (Å²) in [5.41, 5.74) is 0.965. The van der Waals surface area contributed by atoms with Gasteiger partial charge in [0.1, 0.15) is 0 Å². The lowest BCUT2D eigenvalue weighted by Crippen LogP contribution is -1.81. The van der Waals surface area contributed by atoms with E-state index in [2.05, 4.69) is 9.97 Å². The van der Waals surface area contributed by atoms with Crippen LogP contribution in [0.15, 0.2) is 18.5 Å². The van der Waals surface area contributed by atoms with E-state index in [1.165, 1.54) is 0 Å². The van der Waals surface area contributed by atoms with Crippen molar-refractivity contribution in [2.75, 3.05) is 0 Å². The molecule has 1 heterocycles. The van der Waals surface area contributed by atoms with Gasteiger partial charge in [-0.3, -0.25) is 0 Å². The number of allylic oxidation sites excluding steroid dienone is 1. The molecule has 0 bridgehead atoms. The van der Waals surface area contributed by atoms with Gasteiger partial charge in [-0.15, -0.1) is 0 Å². The summed E-state index contributed by atoms with van der Waals surface area (Å²) >= 11 is 5.47. The largest absolute Gasteiger partial charge is 0.226 e. The monoisotopic (exact) mass is 154 g/mol. The third-order valence-corrected chi connectivity index (χ3v) is 1.19. The van der Waals surface area contributed by atoms with Gasteiger partial charge in [-0.25, -0.2) is 9.97 Å². The van der Waals surface area contributed by atoms with Gasteiger partial charge in [-0.1, -0.05) is 12.2 Å². The van der Waals surface area contributed by atoms with Crippen molar-refractivity contribution in [1.82, 2.24) is 9.97 Å². The lowest BCUT2D eigenvalue weighted by molar-refractivity contribution is 1.16. The second kappa shape index (κ2) is 3.32. The molecule has 0 aliphatic heterocycles. The number of nitrogens with zero attached hydrogens (tertiary/aromatic N) is 2. The van der Waals surface area contributed by atoms with Crippen LogP contribution in [0.2, 0.25) is 5.28 Å². The fourth-order valence-electron chi connectivity index (χ4n) is 0.601. The number of aromatic nitrogens is 2. The smallest absolute Gasteiger partial charge is 0.222 e. The molecule has 0 radical (unpaired) electrons. The Bertz CT molecular complexity index is 228. The molecule has 10 heavy (non-hydrogen) atoms. The molecule has 1 aromatic heterocycles. The van der Waals surface area contributed by atoms with Gasteiger partial charge in [0.2, 0.25) is 5.28 Å². The molecule has 3 heteroatoms. The van der Waals surface area contributed by atoms with Gasteiger partial charge in [0.05, 0.1) is 0 Å². The Kier molecular flexibility index (Phi) is 2.40. The minimum atomic E-state index is 0.285. The Morgan fingerprint density at radius 3 is 2.50 bits per heavy atom. The van der Waals surface area contributed by atoms with Crippen LogP contribution in [-0.4, -0.2) is 9.97 Å². The molecule has 0 aliphatic rings. The van der Waals surface area contributed by atoms with Crippen LogP contribution in [0.25, 0.3) is 6.08 Å². The van der Waals surface area contributed by atoms with E-state index in [0.29, 0.717) is 0 Å². The first kappa shape index (κ1) is 7.22. The maximum atomic E-state index is 5.47. The van der Waals surface area contributed by atoms with E-state index in [9.17, 15) is 0 Å². The van der Waals surface area contributed by atoms with E-state index in [4.69, 9.17) is 11.6 Å². The molecule has 0 unspecified atom stereocenters. The standard InChI is InChI=1S/C7H7ClN2/c1-2-3-6-4-9-7(8)10-5-6/h2-5H,1H3/b3-2+. The minimum Gasteiger partial charge on any atom is -0.226 e. The molecule has 0 fully saturated rings. The summed E-state index contributed by atoms with van der Waals surface area (Å²) < 4.78 is 0. The molecule has 2 nitrogen and oxygen atoms in total. The highest BCUT2D eigenvalue weighted by molar-refractivity contribution is 6.28. The first-order valence-corrected chi connectivity index (χ1v) is 3.31. The van der Waals surface area contributed by atoms with E-state index < -0.39 is 0 Å². The van der Waals surface area contributed by atoms with Gasteiger partial charge in [0.25, 0.3) is 0 Å². The summed E-state index contributed by atoms with van der Waals surface area (Å²) in [6.45, 7) is 1.94. The molecular formula is C7H7ClN2. The fourth-order valence-corrected chi connectivity index (χ4v) is 0.698. The Morgan fingerprint density at radius 1 is 1.40 bits per heavy atom. The Morgan fingerprint density at radius 2 is 2.00 bits per heavy atom. The molecule has 0 atom stereocenters. The van der Waals surface area contributed by atoms with Crippen LogP contribution in [0.1, 0.15) is 12.5 Å². The van der Waals surface area contributed by atoms with Gasteiger partial charge in [-0.2, -0.15) is 0 Å². The lowest BCUT2D eigenvalue weighted by Gasteiger charge is -1.89. The lowest BCUT2D eigenvalue weighted by atomic mass is 10.3. The van der Waals surface area contributed by atoms with Crippen LogP contribution in [0, 0.1) is 0 Å². The number of hydrogen-bond acceptors (Lipinski definition) is 2. The van der Waals surface area contributed by atoms with Gasteiger partial charge in [0.15, 0.2) is 0 Å². The van der Waals surface area contributed by atoms with Crippen LogP contribution in [0.3, 0.4) is 0 Å². The van der Waals surface area contributed by atoms with Crippen LogP contribution in [0.4, 0.5) is 0 Å². The molecule has 0 aromatic carbocycles. The van der Waals surface area contributed by atoms with Crippen LogP contribution < -0.4 is 0 Å². The minimum absolute atomic E-state index is 0.285. The first-order valence-electron chi connectivity index (χ1n) is 2.93. The van der Waals surface area contributed by atoms with Crippen molar-refractivity contribution < 1.29 is 0 Å². The van der Waals surface area contributed by atoms with E-state index in [1.807, 2.05) is 19.1 Å². The molecular weight excluding hydrogens is 148 g/mol. The molecule has 1 aromatic rings. The maximum Gasteiger partial charge on any atom is 0.222 e. The van der Waals surface area contributed by atoms with Crippen molar-refractivity contribution in [1.29, 1.82) is 0 Å². The van der Waals surface area contributed by atoms with Gasteiger partial charge < -0.3 is 0 Å². The second-order valence-electron chi connectivity index (χ2n) is 1.79. The van der Waals surface area contributed by atoms with E-state index >= 15 is 0 Å². The molecule has 52 valence electrons. The summed E-state index contributed by atoms with van der Waals surface area (Å²) in [6, 6.07) is 0. The fraction of sp³-hybridized carbons (Fsp3) is 0.143. The molecule has 0 aliphatic carbocycles. The Labute approximate surface area is 64.6 Å². The molecule has 1 rings (SSSR count). The van der Waals surface area contributed by atoms with E-state index in [-0.39, 0.29) is 5.28 Å². The van der Waals surface area contributed by atoms with Crippen molar-refractivity contribution in [3.05, 3.63) is 29.3 Å². The quantitative estimate of drug-likeness (QED) is 0.580. The summed E-state index contributed by atoms with van der Waals surface area (Å²) in [7, 11) is 0. The normalized spacial score (nSPS) is 10.6. The van der Waals surface area contributed by atoms with Gasteiger partial charge >= 0.3 is 0 Å². The molecule has 0 spiro atoms. The van der Waals surface area contributed by atoms with Crippen molar-refractivity contribution in [2.24, 2.45) is 0 Å². The van der Waals surface area contributed by atoms with Crippen molar-refractivity contribution >= 4 is 17.7 Å². The number of halogens is 1. The van der Waals surface area contributed by atoms with Gasteiger partial charge in [-0.05, 0) is 18.5 Å². The summed E-state index contributed by atoms with van der Waals surface area (Å²) in [4.78, 5) is 7.60. The van der Waals surface area contributed by atoms with Crippen molar-refractivity contribution in [2.45, 2.75) is 6.92 Å². The second-order valence-corrected chi connectivity index (χ2v) is 2.12. The predicted molar refractivity (Wildman–Crippen MR) is 41.8 cm³/mol. The zero-order chi connectivity index (χ0) is 7.40. The predicted octanol–water partition coefficient (Wildman–Crippen LogP) is 2.16. The average Bonchev–Trinajstić information content (AvgIpc) is 1.95. The Hall–Kier alpha value is -0.890. The van der Waals surface area contributed by atoms with Crippen LogP contribution >= 0.6 is 11.6 Å². The van der Waals surface area contributed by atoms with Crippen molar-refractivity contribution in [3.63, 3.8) is 0 Å². The summed E-state index contributed by atoms with van der Waals surface area (Å²) in [6.07, 6.45) is 7.19.